The highest BCUT2D eigenvalue weighted by molar-refractivity contribution is 5.99. The first-order chi connectivity index (χ1) is 17.5. The van der Waals surface area contributed by atoms with Crippen LogP contribution >= 0.6 is 0 Å². The normalized spacial score (nSPS) is 19.2. The summed E-state index contributed by atoms with van der Waals surface area (Å²) in [7, 11) is 3.32. The lowest BCUT2D eigenvalue weighted by Gasteiger charge is -2.18. The van der Waals surface area contributed by atoms with Crippen molar-refractivity contribution >= 4 is 29.0 Å². The quantitative estimate of drug-likeness (QED) is 0.413. The van der Waals surface area contributed by atoms with Gasteiger partial charge in [0, 0.05) is 36.4 Å². The summed E-state index contributed by atoms with van der Waals surface area (Å²) in [6.45, 7) is 0. The number of ether oxygens (including phenoxy) is 2. The van der Waals surface area contributed by atoms with Gasteiger partial charge in [0.25, 0.3) is 5.91 Å². The summed E-state index contributed by atoms with van der Waals surface area (Å²) in [5.41, 5.74) is 8.09. The van der Waals surface area contributed by atoms with Crippen molar-refractivity contribution in [2.24, 2.45) is 11.7 Å². The molecule has 2 aliphatic carbocycles. The molecule has 0 spiro atoms. The Labute approximate surface area is 208 Å². The van der Waals surface area contributed by atoms with Crippen LogP contribution < -0.4 is 21.1 Å². The second-order valence-corrected chi connectivity index (χ2v) is 9.11. The van der Waals surface area contributed by atoms with E-state index in [1.165, 1.54) is 0 Å². The Morgan fingerprint density at radius 1 is 1.11 bits per heavy atom. The number of methoxy groups -OCH3 is 2. The van der Waals surface area contributed by atoms with Gasteiger partial charge in [0.15, 0.2) is 11.5 Å². The fourth-order valence-electron chi connectivity index (χ4n) is 4.67. The van der Waals surface area contributed by atoms with E-state index in [1.807, 2.05) is 29.1 Å². The number of nitrogens with zero attached hydrogens (tertiary/aromatic N) is 4. The van der Waals surface area contributed by atoms with Gasteiger partial charge in [0.1, 0.15) is 5.75 Å². The first-order valence-electron chi connectivity index (χ1n) is 12.0. The van der Waals surface area contributed by atoms with Crippen molar-refractivity contribution in [3.8, 4) is 16.9 Å². The van der Waals surface area contributed by atoms with Gasteiger partial charge in [-0.2, -0.15) is 5.10 Å². The molecule has 11 nitrogen and oxygen atoms in total. The number of carbonyl (C=O) groups excluding carboxylic acids is 2. The van der Waals surface area contributed by atoms with Crippen LogP contribution in [0.1, 0.15) is 48.6 Å². The van der Waals surface area contributed by atoms with Gasteiger partial charge < -0.3 is 25.8 Å². The molecule has 5 rings (SSSR count). The van der Waals surface area contributed by atoms with E-state index in [-0.39, 0.29) is 35.5 Å². The van der Waals surface area contributed by atoms with E-state index in [4.69, 9.17) is 15.2 Å². The minimum absolute atomic E-state index is 0.000110. The molecule has 1 aromatic carbocycles. The molecule has 2 aliphatic rings. The number of hydrogen-bond donors (Lipinski definition) is 3. The Morgan fingerprint density at radius 2 is 1.94 bits per heavy atom. The zero-order valence-corrected chi connectivity index (χ0v) is 20.2. The summed E-state index contributed by atoms with van der Waals surface area (Å²) in [6.07, 6.45) is 8.81. The van der Waals surface area contributed by atoms with Gasteiger partial charge in [-0.05, 0) is 38.2 Å². The number of aromatic nitrogens is 4. The molecule has 0 bridgehead atoms. The fraction of sp³-hybridized carbons (Fsp3) is 0.400. The maximum absolute atomic E-state index is 12.2. The molecule has 4 N–H and O–H groups in total. The highest BCUT2D eigenvalue weighted by Crippen LogP contribution is 2.40. The summed E-state index contributed by atoms with van der Waals surface area (Å²) in [5.74, 6) is -0.0647. The van der Waals surface area contributed by atoms with E-state index in [1.54, 1.807) is 26.5 Å². The molecule has 2 fully saturated rings. The molecular weight excluding hydrogens is 462 g/mol. The molecule has 2 atom stereocenters. The highest BCUT2D eigenvalue weighted by atomic mass is 16.5. The molecule has 11 heteroatoms. The van der Waals surface area contributed by atoms with Crippen LogP contribution in [0.25, 0.3) is 11.1 Å². The fourth-order valence-corrected chi connectivity index (χ4v) is 4.67. The summed E-state index contributed by atoms with van der Waals surface area (Å²) in [6, 6.07) is 7.37. The number of benzene rings is 1. The molecule has 2 saturated carbocycles. The van der Waals surface area contributed by atoms with Gasteiger partial charge in [-0.15, -0.1) is 10.2 Å². The molecule has 2 heterocycles. The predicted octanol–water partition coefficient (Wildman–Crippen LogP) is 3.28. The van der Waals surface area contributed by atoms with Gasteiger partial charge in [-0.1, -0.05) is 12.1 Å². The second kappa shape index (κ2) is 9.94. The van der Waals surface area contributed by atoms with Crippen molar-refractivity contribution in [2.75, 3.05) is 24.9 Å². The molecule has 0 unspecified atom stereocenters. The van der Waals surface area contributed by atoms with Crippen molar-refractivity contribution in [1.29, 1.82) is 0 Å². The molecule has 188 valence electrons. The Kier molecular flexibility index (Phi) is 6.55. The Bertz CT molecular complexity index is 1290. The van der Waals surface area contributed by atoms with Crippen LogP contribution in [0.5, 0.6) is 5.75 Å². The minimum Gasteiger partial charge on any atom is -0.494 e. The third kappa shape index (κ3) is 4.74. The van der Waals surface area contributed by atoms with Gasteiger partial charge in [-0.3, -0.25) is 14.3 Å². The standard InChI is InChI=1S/C25H29N7O4/c1-35-20-8-4-7-19(20)32-13-15(12-27-32)16-5-3-6-17(23(16)36-2)28-18-11-21(29-25(34)14-9-10-14)30-31-22(18)24(26)33/h3,5-6,11-14,19-20H,4,7-10H2,1-2H3,(H2,26,33)(H2,28,29,30,34)/t19-,20-/m0/s1. The average molecular weight is 492 g/mol. The van der Waals surface area contributed by atoms with Crippen LogP contribution in [0.4, 0.5) is 17.2 Å². The largest absolute Gasteiger partial charge is 0.494 e. The van der Waals surface area contributed by atoms with E-state index < -0.39 is 5.91 Å². The van der Waals surface area contributed by atoms with Gasteiger partial charge in [0.05, 0.1) is 36.8 Å². The average Bonchev–Trinajstić information content (AvgIpc) is 3.42. The predicted molar refractivity (Wildman–Crippen MR) is 133 cm³/mol. The second-order valence-electron chi connectivity index (χ2n) is 9.11. The first kappa shape index (κ1) is 23.7. The van der Waals surface area contributed by atoms with Gasteiger partial charge >= 0.3 is 0 Å². The number of hydrogen-bond acceptors (Lipinski definition) is 8. The van der Waals surface area contributed by atoms with Crippen molar-refractivity contribution < 1.29 is 19.1 Å². The molecule has 0 radical (unpaired) electrons. The summed E-state index contributed by atoms with van der Waals surface area (Å²) in [5, 5.41) is 18.4. The number of anilines is 3. The molecule has 36 heavy (non-hydrogen) atoms. The summed E-state index contributed by atoms with van der Waals surface area (Å²) >= 11 is 0. The molecule has 0 aliphatic heterocycles. The first-order valence-corrected chi connectivity index (χ1v) is 12.0. The lowest BCUT2D eigenvalue weighted by atomic mass is 10.1. The zero-order valence-electron chi connectivity index (χ0n) is 20.2. The Balaban J connectivity index is 1.45. The van der Waals surface area contributed by atoms with E-state index in [0.29, 0.717) is 17.1 Å². The molecule has 3 aromatic rings. The topological polar surface area (TPSA) is 146 Å². The highest BCUT2D eigenvalue weighted by Gasteiger charge is 2.31. The zero-order chi connectivity index (χ0) is 25.2. The summed E-state index contributed by atoms with van der Waals surface area (Å²) < 4.78 is 13.4. The number of nitrogens with two attached hydrogens (primary N) is 1. The van der Waals surface area contributed by atoms with E-state index in [2.05, 4.69) is 25.9 Å². The van der Waals surface area contributed by atoms with E-state index in [9.17, 15) is 9.59 Å². The number of para-hydroxylation sites is 1. The van der Waals surface area contributed by atoms with Gasteiger partial charge in [-0.25, -0.2) is 0 Å². The summed E-state index contributed by atoms with van der Waals surface area (Å²) in [4.78, 5) is 24.2. The lowest BCUT2D eigenvalue weighted by molar-refractivity contribution is -0.117. The van der Waals surface area contributed by atoms with Crippen LogP contribution in [0.2, 0.25) is 0 Å². The maximum Gasteiger partial charge on any atom is 0.271 e. The van der Waals surface area contributed by atoms with E-state index in [0.717, 1.165) is 43.2 Å². The smallest absolute Gasteiger partial charge is 0.271 e. The van der Waals surface area contributed by atoms with Crippen LogP contribution in [-0.2, 0) is 9.53 Å². The van der Waals surface area contributed by atoms with Crippen LogP contribution in [0.15, 0.2) is 36.7 Å². The molecule has 2 aromatic heterocycles. The SMILES string of the molecule is COc1c(Nc2cc(NC(=O)C3CC3)nnc2C(N)=O)cccc1-c1cnn([C@H]2CCC[C@@H]2OC)c1. The molecule has 0 saturated heterocycles. The minimum atomic E-state index is -0.745. The van der Waals surface area contributed by atoms with Crippen molar-refractivity contribution in [3.05, 3.63) is 42.4 Å². The van der Waals surface area contributed by atoms with Crippen LogP contribution in [-0.4, -0.2) is 52.1 Å². The van der Waals surface area contributed by atoms with E-state index >= 15 is 0 Å². The molecule has 2 amide bonds. The van der Waals surface area contributed by atoms with Gasteiger partial charge in [0.2, 0.25) is 5.91 Å². The number of nitrogens with one attached hydrogen (secondary N) is 2. The third-order valence-electron chi connectivity index (χ3n) is 6.69. The van der Waals surface area contributed by atoms with Crippen molar-refractivity contribution in [3.63, 3.8) is 0 Å². The number of carbonyl (C=O) groups is 2. The van der Waals surface area contributed by atoms with Crippen LogP contribution in [0, 0.1) is 5.92 Å². The number of amides is 2. The third-order valence-corrected chi connectivity index (χ3v) is 6.69. The maximum atomic E-state index is 12.2. The Hall–Kier alpha value is -3.99. The number of primary amides is 1. The van der Waals surface area contributed by atoms with Crippen molar-refractivity contribution in [1.82, 2.24) is 20.0 Å². The van der Waals surface area contributed by atoms with Crippen molar-refractivity contribution in [2.45, 2.75) is 44.2 Å². The van der Waals surface area contributed by atoms with Crippen LogP contribution in [0.3, 0.4) is 0 Å². The number of rotatable bonds is 9. The lowest BCUT2D eigenvalue weighted by Crippen LogP contribution is -2.20. The molecular formula is C25H29N7O4. The Morgan fingerprint density at radius 3 is 2.67 bits per heavy atom. The monoisotopic (exact) mass is 491 g/mol.